The summed E-state index contributed by atoms with van der Waals surface area (Å²) in [6.07, 6.45) is 0.939. The normalized spacial score (nSPS) is 10.3. The monoisotopic (exact) mass is 399 g/mol. The zero-order chi connectivity index (χ0) is 21.2. The van der Waals surface area contributed by atoms with Crippen molar-refractivity contribution in [3.05, 3.63) is 59.7 Å². The van der Waals surface area contributed by atoms with E-state index in [4.69, 9.17) is 14.2 Å². The number of ether oxygens (including phenoxy) is 3. The van der Waals surface area contributed by atoms with Gasteiger partial charge in [-0.15, -0.1) is 0 Å². The Balaban J connectivity index is 1.78. The van der Waals surface area contributed by atoms with Crippen molar-refractivity contribution in [3.8, 4) is 11.5 Å². The zero-order valence-corrected chi connectivity index (χ0v) is 16.8. The van der Waals surface area contributed by atoms with Gasteiger partial charge in [0.25, 0.3) is 11.8 Å². The van der Waals surface area contributed by atoms with Gasteiger partial charge in [-0.2, -0.15) is 0 Å². The van der Waals surface area contributed by atoms with Gasteiger partial charge in [0.15, 0.2) is 6.61 Å². The maximum absolute atomic E-state index is 12.0. The topological polar surface area (TPSA) is 90.9 Å². The number of carbonyl (C=O) groups excluding carboxylic acids is 3. The van der Waals surface area contributed by atoms with Crippen molar-refractivity contribution in [2.75, 3.05) is 20.3 Å². The van der Waals surface area contributed by atoms with Crippen LogP contribution >= 0.6 is 0 Å². The van der Waals surface area contributed by atoms with Gasteiger partial charge < -0.3 is 14.2 Å². The molecule has 0 heterocycles. The lowest BCUT2D eigenvalue weighted by Gasteiger charge is -2.09. The maximum Gasteiger partial charge on any atom is 0.338 e. The number of imide groups is 1. The molecule has 0 spiro atoms. The number of nitrogens with one attached hydrogen (secondary N) is 1. The van der Waals surface area contributed by atoms with E-state index < -0.39 is 24.4 Å². The van der Waals surface area contributed by atoms with Crippen LogP contribution in [0.4, 0.5) is 0 Å². The van der Waals surface area contributed by atoms with Crippen molar-refractivity contribution >= 4 is 17.8 Å². The molecular formula is C22H25NO6. The third kappa shape index (κ3) is 7.29. The van der Waals surface area contributed by atoms with Gasteiger partial charge in [0.1, 0.15) is 11.5 Å². The van der Waals surface area contributed by atoms with Crippen molar-refractivity contribution < 1.29 is 28.6 Å². The molecule has 7 nitrogen and oxygen atoms in total. The van der Waals surface area contributed by atoms with Gasteiger partial charge in [0.2, 0.25) is 0 Å². The van der Waals surface area contributed by atoms with Crippen LogP contribution in [0.15, 0.2) is 48.5 Å². The molecule has 1 N–H and O–H groups in total. The van der Waals surface area contributed by atoms with Gasteiger partial charge in [-0.25, -0.2) is 4.79 Å². The van der Waals surface area contributed by atoms with E-state index in [1.165, 1.54) is 19.2 Å². The first kappa shape index (κ1) is 21.9. The van der Waals surface area contributed by atoms with Crippen LogP contribution in [0.2, 0.25) is 0 Å². The summed E-state index contributed by atoms with van der Waals surface area (Å²) in [5, 5.41) is 2.17. The first-order chi connectivity index (χ1) is 13.9. The number of rotatable bonds is 9. The Morgan fingerprint density at radius 3 is 2.07 bits per heavy atom. The largest absolute Gasteiger partial charge is 0.497 e. The van der Waals surface area contributed by atoms with E-state index in [0.29, 0.717) is 29.6 Å². The molecule has 2 aromatic rings. The molecule has 0 unspecified atom stereocenters. The molecule has 2 rings (SSSR count). The average molecular weight is 399 g/mol. The molecule has 7 heteroatoms. The summed E-state index contributed by atoms with van der Waals surface area (Å²) in [7, 11) is 1.51. The third-order valence-electron chi connectivity index (χ3n) is 3.99. The summed E-state index contributed by atoms with van der Waals surface area (Å²) in [6.45, 7) is 4.27. The minimum absolute atomic E-state index is 0.287. The van der Waals surface area contributed by atoms with Crippen molar-refractivity contribution in [1.29, 1.82) is 0 Å². The standard InChI is InChI=1S/C22H25NO6/c1-15(2)12-13-28-19-10-6-17(7-11-19)22(26)29-14-20(24)23-21(25)16-4-8-18(27-3)9-5-16/h4-11,15H,12-14H2,1-3H3,(H,23,24,25). The second-order valence-electron chi connectivity index (χ2n) is 6.74. The highest BCUT2D eigenvalue weighted by molar-refractivity contribution is 6.05. The van der Waals surface area contributed by atoms with Crippen molar-refractivity contribution in [2.24, 2.45) is 5.92 Å². The molecule has 0 atom stereocenters. The van der Waals surface area contributed by atoms with E-state index in [0.717, 1.165) is 6.42 Å². The molecule has 0 fully saturated rings. The molecular weight excluding hydrogens is 374 g/mol. The molecule has 0 radical (unpaired) electrons. The van der Waals surface area contributed by atoms with Gasteiger partial charge in [0.05, 0.1) is 19.3 Å². The molecule has 0 bridgehead atoms. The number of benzene rings is 2. The van der Waals surface area contributed by atoms with Crippen LogP contribution in [0.25, 0.3) is 0 Å². The zero-order valence-electron chi connectivity index (χ0n) is 16.8. The summed E-state index contributed by atoms with van der Waals surface area (Å²) in [6, 6.07) is 12.7. The van der Waals surface area contributed by atoms with Crippen molar-refractivity contribution in [2.45, 2.75) is 20.3 Å². The summed E-state index contributed by atoms with van der Waals surface area (Å²) < 4.78 is 15.5. The Kier molecular flexibility index (Phi) is 8.21. The fourth-order valence-electron chi connectivity index (χ4n) is 2.29. The van der Waals surface area contributed by atoms with E-state index >= 15 is 0 Å². The molecule has 0 saturated heterocycles. The van der Waals surface area contributed by atoms with Crippen LogP contribution in [0, 0.1) is 5.92 Å². The first-order valence-corrected chi connectivity index (χ1v) is 9.27. The molecule has 0 aromatic heterocycles. The maximum atomic E-state index is 12.0. The fourth-order valence-corrected chi connectivity index (χ4v) is 2.29. The third-order valence-corrected chi connectivity index (χ3v) is 3.99. The SMILES string of the molecule is COc1ccc(C(=O)NC(=O)COC(=O)c2ccc(OCCC(C)C)cc2)cc1. The summed E-state index contributed by atoms with van der Waals surface area (Å²) in [5.74, 6) is -0.162. The minimum atomic E-state index is -0.715. The van der Waals surface area contributed by atoms with Crippen LogP contribution in [0.5, 0.6) is 11.5 Å². The number of methoxy groups -OCH3 is 1. The van der Waals surface area contributed by atoms with Gasteiger partial charge >= 0.3 is 5.97 Å². The number of hydrogen-bond acceptors (Lipinski definition) is 6. The van der Waals surface area contributed by atoms with Crippen molar-refractivity contribution in [3.63, 3.8) is 0 Å². The number of hydrogen-bond donors (Lipinski definition) is 1. The molecule has 0 aliphatic rings. The summed E-state index contributed by atoms with van der Waals surface area (Å²) >= 11 is 0. The highest BCUT2D eigenvalue weighted by atomic mass is 16.5. The van der Waals surface area contributed by atoms with Gasteiger partial charge in [0, 0.05) is 5.56 Å². The summed E-state index contributed by atoms with van der Waals surface area (Å²) in [5.41, 5.74) is 0.578. The number of carbonyl (C=O) groups is 3. The molecule has 154 valence electrons. The second-order valence-corrected chi connectivity index (χ2v) is 6.74. The molecule has 29 heavy (non-hydrogen) atoms. The fraction of sp³-hybridized carbons (Fsp3) is 0.318. The Hall–Kier alpha value is -3.35. The van der Waals surface area contributed by atoms with Crippen LogP contribution in [0.3, 0.4) is 0 Å². The molecule has 0 saturated carbocycles. The molecule has 2 aromatic carbocycles. The Labute approximate surface area is 170 Å². The average Bonchev–Trinajstić information content (AvgIpc) is 2.72. The van der Waals surface area contributed by atoms with Crippen LogP contribution in [-0.2, 0) is 9.53 Å². The lowest BCUT2D eigenvalue weighted by atomic mass is 10.1. The van der Waals surface area contributed by atoms with E-state index in [2.05, 4.69) is 19.2 Å². The molecule has 0 aliphatic heterocycles. The highest BCUT2D eigenvalue weighted by Crippen LogP contribution is 2.14. The Morgan fingerprint density at radius 1 is 0.897 bits per heavy atom. The lowest BCUT2D eigenvalue weighted by molar-refractivity contribution is -0.123. The molecule has 2 amide bonds. The van der Waals surface area contributed by atoms with Crippen LogP contribution in [0.1, 0.15) is 41.0 Å². The quantitative estimate of drug-likeness (QED) is 0.651. The first-order valence-electron chi connectivity index (χ1n) is 9.27. The van der Waals surface area contributed by atoms with E-state index in [9.17, 15) is 14.4 Å². The summed E-state index contributed by atoms with van der Waals surface area (Å²) in [4.78, 5) is 35.9. The Bertz CT molecular complexity index is 827. The van der Waals surface area contributed by atoms with Gasteiger partial charge in [-0.3, -0.25) is 14.9 Å². The van der Waals surface area contributed by atoms with E-state index in [1.54, 1.807) is 36.4 Å². The van der Waals surface area contributed by atoms with Gasteiger partial charge in [-0.05, 0) is 60.9 Å². The van der Waals surface area contributed by atoms with Crippen molar-refractivity contribution in [1.82, 2.24) is 5.32 Å². The van der Waals surface area contributed by atoms with E-state index in [-0.39, 0.29) is 5.56 Å². The predicted octanol–water partition coefficient (Wildman–Crippen LogP) is 3.23. The predicted molar refractivity (Wildman–Crippen MR) is 107 cm³/mol. The molecule has 0 aliphatic carbocycles. The smallest absolute Gasteiger partial charge is 0.338 e. The number of esters is 1. The van der Waals surface area contributed by atoms with E-state index in [1.807, 2.05) is 0 Å². The Morgan fingerprint density at radius 2 is 1.48 bits per heavy atom. The number of amides is 2. The van der Waals surface area contributed by atoms with Crippen LogP contribution in [-0.4, -0.2) is 38.1 Å². The minimum Gasteiger partial charge on any atom is -0.497 e. The van der Waals surface area contributed by atoms with Gasteiger partial charge in [-0.1, -0.05) is 13.8 Å². The second kappa shape index (κ2) is 10.8. The highest BCUT2D eigenvalue weighted by Gasteiger charge is 2.14. The lowest BCUT2D eigenvalue weighted by Crippen LogP contribution is -2.34. The van der Waals surface area contributed by atoms with Crippen LogP contribution < -0.4 is 14.8 Å².